The van der Waals surface area contributed by atoms with Crippen LogP contribution in [-0.2, 0) is 4.79 Å². The Labute approximate surface area is 229 Å². The Morgan fingerprint density at radius 3 is 1.68 bits per heavy atom. The summed E-state index contributed by atoms with van der Waals surface area (Å²) < 4.78 is 1.13. The zero-order valence-corrected chi connectivity index (χ0v) is 23.1. The fourth-order valence-corrected chi connectivity index (χ4v) is 4.36. The first-order chi connectivity index (χ1) is 16.1. The molecule has 1 unspecified atom stereocenters. The second-order valence-electron chi connectivity index (χ2n) is 8.94. The molecular weight excluding hydrogens is 479 g/mol. The first kappa shape index (κ1) is 33.1. The molecule has 0 amide bonds. The van der Waals surface area contributed by atoms with E-state index in [1.165, 1.54) is 57.8 Å². The van der Waals surface area contributed by atoms with Crippen molar-refractivity contribution in [2.45, 2.75) is 90.1 Å². The molecule has 0 saturated heterocycles. The Balaban J connectivity index is 0.000000468. The van der Waals surface area contributed by atoms with Gasteiger partial charge < -0.3 is 16.8 Å². The van der Waals surface area contributed by atoms with Crippen LogP contribution in [0.5, 0.6) is 0 Å². The van der Waals surface area contributed by atoms with Crippen LogP contribution in [0.25, 0.3) is 0 Å². The first-order valence-electron chi connectivity index (χ1n) is 12.8. The standard InChI is InChI=1S/C13H18O.C7H12O.C6H5Br.C4H9.Li/c14-13(11-7-3-1-4-8-11)12-9-5-2-6-10-12;8-6-7-4-2-1-3-5-7;7-6-4-2-1-3-5-6;1-3-4-2;/h1,3-4,7-8,12-14H,2,5-6,9-10H2;6-7H,1-5H2;1-5H;1,3-4H2,2H3;/q;;;-1;+1. The summed E-state index contributed by atoms with van der Waals surface area (Å²) in [4.78, 5) is 10.2. The van der Waals surface area contributed by atoms with E-state index in [1.54, 1.807) is 0 Å². The summed E-state index contributed by atoms with van der Waals surface area (Å²) in [6, 6.07) is 20.0. The summed E-state index contributed by atoms with van der Waals surface area (Å²) in [6.45, 7) is 5.72. The minimum absolute atomic E-state index is 0. The molecule has 1 atom stereocenters. The van der Waals surface area contributed by atoms with E-state index in [0.29, 0.717) is 11.8 Å². The van der Waals surface area contributed by atoms with Gasteiger partial charge in [0.05, 0.1) is 6.10 Å². The van der Waals surface area contributed by atoms with Crippen molar-refractivity contribution in [3.63, 3.8) is 0 Å². The Bertz CT molecular complexity index is 681. The zero-order chi connectivity index (χ0) is 24.2. The number of halogens is 1. The number of benzene rings is 2. The number of aliphatic hydroxyl groups is 1. The largest absolute Gasteiger partial charge is 1.00 e. The number of hydrogen-bond acceptors (Lipinski definition) is 2. The Kier molecular flexibility index (Phi) is 22.0. The molecule has 2 fully saturated rings. The Hall–Kier alpha value is -0.853. The van der Waals surface area contributed by atoms with Gasteiger partial charge in [0.2, 0.25) is 0 Å². The van der Waals surface area contributed by atoms with Crippen LogP contribution in [0.2, 0.25) is 0 Å². The topological polar surface area (TPSA) is 37.3 Å². The molecule has 0 radical (unpaired) electrons. The van der Waals surface area contributed by atoms with E-state index >= 15 is 0 Å². The maximum Gasteiger partial charge on any atom is 1.00 e. The van der Waals surface area contributed by atoms with Crippen molar-refractivity contribution >= 4 is 22.2 Å². The number of carbonyl (C=O) groups excluding carboxylic acids is 1. The van der Waals surface area contributed by atoms with Crippen molar-refractivity contribution in [1.29, 1.82) is 0 Å². The third-order valence-electron chi connectivity index (χ3n) is 6.17. The molecule has 0 spiro atoms. The number of carbonyl (C=O) groups is 1. The molecule has 2 saturated carbocycles. The molecule has 34 heavy (non-hydrogen) atoms. The maximum atomic E-state index is 10.2. The number of rotatable bonds is 4. The van der Waals surface area contributed by atoms with E-state index in [-0.39, 0.29) is 25.0 Å². The van der Waals surface area contributed by atoms with Crippen LogP contribution in [0, 0.1) is 18.8 Å². The fraction of sp³-hybridized carbons (Fsp3) is 0.533. The summed E-state index contributed by atoms with van der Waals surface area (Å²) >= 11 is 3.31. The summed E-state index contributed by atoms with van der Waals surface area (Å²) in [5.41, 5.74) is 1.08. The minimum atomic E-state index is -0.239. The monoisotopic (exact) mass is 522 g/mol. The van der Waals surface area contributed by atoms with Crippen LogP contribution in [0.3, 0.4) is 0 Å². The van der Waals surface area contributed by atoms with Gasteiger partial charge in [-0.05, 0) is 49.3 Å². The minimum Gasteiger partial charge on any atom is -0.388 e. The van der Waals surface area contributed by atoms with Gasteiger partial charge >= 0.3 is 18.9 Å². The van der Waals surface area contributed by atoms with Crippen LogP contribution in [-0.4, -0.2) is 11.4 Å². The second kappa shape index (κ2) is 22.6. The van der Waals surface area contributed by atoms with Gasteiger partial charge in [-0.2, -0.15) is 6.42 Å². The van der Waals surface area contributed by atoms with Crippen LogP contribution < -0.4 is 18.9 Å². The molecule has 0 aromatic heterocycles. The molecule has 2 aliphatic carbocycles. The molecule has 0 bridgehead atoms. The van der Waals surface area contributed by atoms with Crippen LogP contribution in [0.4, 0.5) is 0 Å². The average Bonchev–Trinajstić information content (AvgIpc) is 2.91. The molecule has 2 aliphatic rings. The SMILES string of the molecule is Brc1ccccc1.O=CC1CCCCC1.OC(c1ccccc1)C1CCCCC1.[CH2-]CCC.[Li+]. The summed E-state index contributed by atoms with van der Waals surface area (Å²) in [5.74, 6) is 0.898. The van der Waals surface area contributed by atoms with Crippen molar-refractivity contribution < 1.29 is 28.8 Å². The van der Waals surface area contributed by atoms with Gasteiger partial charge in [0.25, 0.3) is 0 Å². The fourth-order valence-electron chi connectivity index (χ4n) is 4.06. The molecular formula is C30H44BrLiO2. The average molecular weight is 524 g/mol. The molecule has 184 valence electrons. The summed E-state index contributed by atoms with van der Waals surface area (Å²) in [7, 11) is 0. The van der Waals surface area contributed by atoms with Crippen molar-refractivity contribution in [1.82, 2.24) is 0 Å². The van der Waals surface area contributed by atoms with Gasteiger partial charge in [-0.15, -0.1) is 0 Å². The van der Waals surface area contributed by atoms with Crippen LogP contribution >= 0.6 is 15.9 Å². The van der Waals surface area contributed by atoms with Crippen molar-refractivity contribution in [2.24, 2.45) is 11.8 Å². The number of unbranched alkanes of at least 4 members (excludes halogenated alkanes) is 1. The van der Waals surface area contributed by atoms with Crippen molar-refractivity contribution in [2.75, 3.05) is 0 Å². The molecule has 4 rings (SSSR count). The van der Waals surface area contributed by atoms with E-state index in [1.807, 2.05) is 60.7 Å². The van der Waals surface area contributed by atoms with E-state index in [4.69, 9.17) is 0 Å². The van der Waals surface area contributed by atoms with Gasteiger partial charge in [0.15, 0.2) is 0 Å². The van der Waals surface area contributed by atoms with E-state index < -0.39 is 0 Å². The molecule has 0 aliphatic heterocycles. The van der Waals surface area contributed by atoms with Gasteiger partial charge in [-0.1, -0.05) is 116 Å². The van der Waals surface area contributed by atoms with Crippen molar-refractivity contribution in [3.8, 4) is 0 Å². The molecule has 2 nitrogen and oxygen atoms in total. The quantitative estimate of drug-likeness (QED) is 0.297. The number of aliphatic hydroxyl groups excluding tert-OH is 1. The Morgan fingerprint density at radius 2 is 1.32 bits per heavy atom. The van der Waals surface area contributed by atoms with Gasteiger partial charge in [0.1, 0.15) is 6.29 Å². The van der Waals surface area contributed by atoms with Crippen LogP contribution in [0.1, 0.15) is 95.6 Å². The summed E-state index contributed by atoms with van der Waals surface area (Å²) in [6.07, 6.45) is 15.6. The third kappa shape index (κ3) is 15.9. The van der Waals surface area contributed by atoms with Gasteiger partial charge in [0, 0.05) is 10.4 Å². The smallest absolute Gasteiger partial charge is 0.388 e. The van der Waals surface area contributed by atoms with Crippen molar-refractivity contribution in [3.05, 3.63) is 77.6 Å². The predicted octanol–water partition coefficient (Wildman–Crippen LogP) is 6.14. The van der Waals surface area contributed by atoms with E-state index in [9.17, 15) is 9.90 Å². The molecule has 2 aromatic rings. The first-order valence-corrected chi connectivity index (χ1v) is 13.6. The molecule has 1 N–H and O–H groups in total. The molecule has 0 heterocycles. The number of hydrogen-bond donors (Lipinski definition) is 1. The summed E-state index contributed by atoms with van der Waals surface area (Å²) in [5, 5.41) is 10.1. The Morgan fingerprint density at radius 1 is 0.882 bits per heavy atom. The van der Waals surface area contributed by atoms with E-state index in [0.717, 1.165) is 35.6 Å². The predicted molar refractivity (Wildman–Crippen MR) is 145 cm³/mol. The van der Waals surface area contributed by atoms with Gasteiger partial charge in [-0.25, -0.2) is 0 Å². The zero-order valence-electron chi connectivity index (χ0n) is 21.5. The van der Waals surface area contributed by atoms with Gasteiger partial charge in [-0.3, -0.25) is 0 Å². The maximum absolute atomic E-state index is 10.2. The third-order valence-corrected chi connectivity index (χ3v) is 6.70. The molecule has 4 heteroatoms. The number of aldehydes is 1. The normalized spacial score (nSPS) is 16.6. The second-order valence-corrected chi connectivity index (χ2v) is 9.85. The van der Waals surface area contributed by atoms with E-state index in [2.05, 4.69) is 29.8 Å². The molecule has 2 aromatic carbocycles. The van der Waals surface area contributed by atoms with Crippen LogP contribution in [0.15, 0.2) is 65.1 Å².